The van der Waals surface area contributed by atoms with Crippen molar-refractivity contribution in [1.82, 2.24) is 25.5 Å². The van der Waals surface area contributed by atoms with Crippen LogP contribution in [0.3, 0.4) is 0 Å². The third-order valence-electron chi connectivity index (χ3n) is 2.80. The van der Waals surface area contributed by atoms with Gasteiger partial charge < -0.3 is 10.1 Å². The molecule has 0 saturated carbocycles. The summed E-state index contributed by atoms with van der Waals surface area (Å²) in [6.45, 7) is 3.29. The zero-order valence-electron chi connectivity index (χ0n) is 10.5. The molecule has 2 unspecified atom stereocenters. The molecule has 100 valence electrons. The van der Waals surface area contributed by atoms with E-state index in [-0.39, 0.29) is 17.3 Å². The first-order chi connectivity index (χ1) is 8.70. The number of carbonyl (C=O) groups is 1. The normalized spacial score (nSPS) is 20.9. The highest BCUT2D eigenvalue weighted by atomic mass is 32.2. The van der Waals surface area contributed by atoms with Crippen molar-refractivity contribution in [3.05, 3.63) is 0 Å². The molecule has 8 heteroatoms. The van der Waals surface area contributed by atoms with Gasteiger partial charge in [0, 0.05) is 13.7 Å². The van der Waals surface area contributed by atoms with Gasteiger partial charge in [0.15, 0.2) is 0 Å². The van der Waals surface area contributed by atoms with Crippen LogP contribution < -0.4 is 5.32 Å². The summed E-state index contributed by atoms with van der Waals surface area (Å²) in [6.07, 6.45) is 2.31. The van der Waals surface area contributed by atoms with E-state index in [0.29, 0.717) is 11.7 Å². The Bertz CT molecular complexity index is 405. The molecule has 0 spiro atoms. The van der Waals surface area contributed by atoms with Crippen LogP contribution in [-0.4, -0.2) is 51.1 Å². The molecule has 1 aliphatic heterocycles. The van der Waals surface area contributed by atoms with Crippen molar-refractivity contribution in [2.75, 3.05) is 13.7 Å². The van der Waals surface area contributed by atoms with Crippen LogP contribution in [0, 0.1) is 0 Å². The van der Waals surface area contributed by atoms with Crippen LogP contribution in [0.5, 0.6) is 0 Å². The molecule has 2 atom stereocenters. The molecule has 18 heavy (non-hydrogen) atoms. The third kappa shape index (κ3) is 3.20. The van der Waals surface area contributed by atoms with E-state index >= 15 is 0 Å². The Kier molecular flexibility index (Phi) is 4.54. The smallest absolute Gasteiger partial charge is 0.233 e. The van der Waals surface area contributed by atoms with E-state index < -0.39 is 0 Å². The van der Waals surface area contributed by atoms with E-state index in [1.807, 2.05) is 6.92 Å². The second kappa shape index (κ2) is 6.14. The van der Waals surface area contributed by atoms with Gasteiger partial charge >= 0.3 is 0 Å². The molecule has 0 bridgehead atoms. The summed E-state index contributed by atoms with van der Waals surface area (Å²) in [5.41, 5.74) is 0. The van der Waals surface area contributed by atoms with Crippen LogP contribution >= 0.6 is 11.8 Å². The maximum absolute atomic E-state index is 11.5. The van der Waals surface area contributed by atoms with Gasteiger partial charge in [0.2, 0.25) is 11.1 Å². The number of nitrogens with one attached hydrogen (secondary N) is 1. The number of rotatable bonds is 5. The average molecular weight is 271 g/mol. The molecule has 2 rings (SSSR count). The fourth-order valence-electron chi connectivity index (χ4n) is 1.79. The highest BCUT2D eigenvalue weighted by Crippen LogP contribution is 2.22. The van der Waals surface area contributed by atoms with Crippen molar-refractivity contribution in [3.63, 3.8) is 0 Å². The van der Waals surface area contributed by atoms with Crippen molar-refractivity contribution in [2.45, 2.75) is 42.8 Å². The molecule has 1 aliphatic rings. The lowest BCUT2D eigenvalue weighted by Crippen LogP contribution is -2.27. The summed E-state index contributed by atoms with van der Waals surface area (Å²) in [7, 11) is 1.62. The Labute approximate surface area is 110 Å². The van der Waals surface area contributed by atoms with Gasteiger partial charge in [-0.05, 0) is 30.2 Å². The van der Waals surface area contributed by atoms with Gasteiger partial charge in [-0.3, -0.25) is 4.79 Å². The van der Waals surface area contributed by atoms with Gasteiger partial charge in [-0.25, -0.2) is 4.68 Å². The number of nitrogens with zero attached hydrogens (tertiary/aromatic N) is 4. The molecular formula is C10H17N5O2S. The van der Waals surface area contributed by atoms with E-state index in [9.17, 15) is 4.79 Å². The number of hydrogen-bond donors (Lipinski definition) is 1. The largest absolute Gasteiger partial charge is 0.376 e. The summed E-state index contributed by atoms with van der Waals surface area (Å²) < 4.78 is 7.26. The number of hydrogen-bond acceptors (Lipinski definition) is 6. The Hall–Kier alpha value is -1.15. The second-order valence-electron chi connectivity index (χ2n) is 4.15. The number of aromatic nitrogens is 4. The predicted octanol–water partition coefficient (Wildman–Crippen LogP) is 0.0787. The minimum absolute atomic E-state index is 0.0355. The molecule has 0 aliphatic carbocycles. The van der Waals surface area contributed by atoms with Gasteiger partial charge in [0.05, 0.1) is 17.9 Å². The van der Waals surface area contributed by atoms with Crippen LogP contribution in [0.4, 0.5) is 0 Å². The van der Waals surface area contributed by atoms with Crippen LogP contribution in [0.25, 0.3) is 0 Å². The van der Waals surface area contributed by atoms with Crippen LogP contribution in [-0.2, 0) is 16.1 Å². The Morgan fingerprint density at radius 1 is 1.72 bits per heavy atom. The zero-order chi connectivity index (χ0) is 13.0. The highest BCUT2D eigenvalue weighted by Gasteiger charge is 2.21. The fourth-order valence-corrected chi connectivity index (χ4v) is 2.65. The average Bonchev–Trinajstić information content (AvgIpc) is 3.01. The third-order valence-corrected chi connectivity index (χ3v) is 3.87. The van der Waals surface area contributed by atoms with Gasteiger partial charge in [-0.15, -0.1) is 5.10 Å². The van der Waals surface area contributed by atoms with Crippen LogP contribution in [0.2, 0.25) is 0 Å². The molecular weight excluding hydrogens is 254 g/mol. The fraction of sp³-hybridized carbons (Fsp3) is 0.800. The summed E-state index contributed by atoms with van der Waals surface area (Å²) in [6, 6.07) is 0. The predicted molar refractivity (Wildman–Crippen MR) is 66.2 cm³/mol. The second-order valence-corrected chi connectivity index (χ2v) is 5.46. The van der Waals surface area contributed by atoms with E-state index in [2.05, 4.69) is 20.8 Å². The first-order valence-corrected chi connectivity index (χ1v) is 6.84. The Balaban J connectivity index is 1.96. The monoisotopic (exact) mass is 271 g/mol. The quantitative estimate of drug-likeness (QED) is 0.764. The van der Waals surface area contributed by atoms with Crippen molar-refractivity contribution >= 4 is 17.7 Å². The summed E-state index contributed by atoms with van der Waals surface area (Å²) in [5, 5.41) is 14.6. The number of ether oxygens (including phenoxy) is 1. The maximum atomic E-state index is 11.5. The number of thioether (sulfide) groups is 1. The number of amides is 1. The lowest BCUT2D eigenvalue weighted by atomic mass is 10.2. The SMILES string of the molecule is CNC(=O)C(C)Sc1nnnn1CC1CCCO1. The molecule has 7 nitrogen and oxygen atoms in total. The van der Waals surface area contributed by atoms with E-state index in [0.717, 1.165) is 19.4 Å². The van der Waals surface area contributed by atoms with Crippen molar-refractivity contribution in [3.8, 4) is 0 Å². The zero-order valence-corrected chi connectivity index (χ0v) is 11.3. The van der Waals surface area contributed by atoms with Gasteiger partial charge in [-0.1, -0.05) is 11.8 Å². The van der Waals surface area contributed by atoms with Gasteiger partial charge in [-0.2, -0.15) is 0 Å². The topological polar surface area (TPSA) is 81.9 Å². The Morgan fingerprint density at radius 2 is 2.56 bits per heavy atom. The standard InChI is InChI=1S/C10H17N5O2S/c1-7(9(16)11-2)18-10-12-13-14-15(10)6-8-4-3-5-17-8/h7-8H,3-6H2,1-2H3,(H,11,16). The molecule has 1 amide bonds. The number of carbonyl (C=O) groups excluding carboxylic acids is 1. The summed E-state index contributed by atoms with van der Waals surface area (Å²) in [5.74, 6) is -0.0355. The molecule has 1 N–H and O–H groups in total. The molecule has 0 aromatic carbocycles. The molecule has 2 heterocycles. The number of tetrazole rings is 1. The Morgan fingerprint density at radius 3 is 3.22 bits per heavy atom. The first kappa shape index (κ1) is 13.3. The van der Waals surface area contributed by atoms with Crippen LogP contribution in [0.1, 0.15) is 19.8 Å². The summed E-state index contributed by atoms with van der Waals surface area (Å²) >= 11 is 1.35. The maximum Gasteiger partial charge on any atom is 0.233 e. The molecule has 1 aromatic heterocycles. The highest BCUT2D eigenvalue weighted by molar-refractivity contribution is 8.00. The van der Waals surface area contributed by atoms with Crippen molar-refractivity contribution in [2.24, 2.45) is 0 Å². The molecule has 0 radical (unpaired) electrons. The van der Waals surface area contributed by atoms with E-state index in [1.54, 1.807) is 11.7 Å². The molecule has 1 aromatic rings. The molecule has 1 fully saturated rings. The van der Waals surface area contributed by atoms with Gasteiger partial charge in [0.25, 0.3) is 0 Å². The summed E-state index contributed by atoms with van der Waals surface area (Å²) in [4.78, 5) is 11.5. The minimum atomic E-state index is -0.218. The van der Waals surface area contributed by atoms with E-state index in [4.69, 9.17) is 4.74 Å². The lowest BCUT2D eigenvalue weighted by Gasteiger charge is -2.12. The van der Waals surface area contributed by atoms with Crippen molar-refractivity contribution in [1.29, 1.82) is 0 Å². The van der Waals surface area contributed by atoms with Crippen LogP contribution in [0.15, 0.2) is 5.16 Å². The van der Waals surface area contributed by atoms with E-state index in [1.165, 1.54) is 11.8 Å². The van der Waals surface area contributed by atoms with Gasteiger partial charge in [0.1, 0.15) is 0 Å². The first-order valence-electron chi connectivity index (χ1n) is 5.96. The minimum Gasteiger partial charge on any atom is -0.376 e. The molecule has 1 saturated heterocycles. The lowest BCUT2D eigenvalue weighted by molar-refractivity contribution is -0.119. The van der Waals surface area contributed by atoms with Crippen molar-refractivity contribution < 1.29 is 9.53 Å².